The Morgan fingerprint density at radius 3 is 2.72 bits per heavy atom. The number of fused-ring (bicyclic) bond motifs is 1. The molecule has 0 saturated heterocycles. The van der Waals surface area contributed by atoms with Crippen LogP contribution >= 0.6 is 0 Å². The predicted molar refractivity (Wildman–Crippen MR) is 90.2 cm³/mol. The minimum atomic E-state index is -0.513. The van der Waals surface area contributed by atoms with Crippen LogP contribution in [0.3, 0.4) is 0 Å². The number of aromatic nitrogens is 2. The first kappa shape index (κ1) is 16.4. The average molecular weight is 341 g/mol. The van der Waals surface area contributed by atoms with Crippen LogP contribution < -0.4 is 15.0 Å². The molecule has 128 valence electrons. The van der Waals surface area contributed by atoms with Crippen molar-refractivity contribution in [3.8, 4) is 11.5 Å². The molecule has 0 radical (unpaired) electrons. The number of non-ortho nitro benzene ring substituents is 1. The summed E-state index contributed by atoms with van der Waals surface area (Å²) in [7, 11) is 1.40. The van der Waals surface area contributed by atoms with Gasteiger partial charge in [-0.2, -0.15) is 0 Å². The zero-order valence-corrected chi connectivity index (χ0v) is 13.6. The quantitative estimate of drug-likeness (QED) is 0.522. The Kier molecular flexibility index (Phi) is 4.34. The van der Waals surface area contributed by atoms with Crippen LogP contribution in [0.2, 0.25) is 0 Å². The summed E-state index contributed by atoms with van der Waals surface area (Å²) in [5.41, 5.74) is 1.48. The largest absolute Gasteiger partial charge is 0.493 e. The van der Waals surface area contributed by atoms with E-state index in [0.717, 1.165) is 5.69 Å². The molecule has 2 heterocycles. The number of nitro benzene ring substituents is 1. The molecule has 0 aliphatic carbocycles. The molecule has 0 aliphatic rings. The van der Waals surface area contributed by atoms with Gasteiger partial charge in [-0.25, -0.2) is 4.98 Å². The first-order valence-electron chi connectivity index (χ1n) is 7.43. The molecule has 0 unspecified atom stereocenters. The number of benzene rings is 1. The van der Waals surface area contributed by atoms with E-state index in [2.05, 4.69) is 4.98 Å². The highest BCUT2D eigenvalue weighted by atomic mass is 16.6. The Balaban J connectivity index is 1.88. The number of hydrogen-bond donors (Lipinski definition) is 0. The van der Waals surface area contributed by atoms with E-state index in [1.807, 2.05) is 19.1 Å². The molecular formula is C17H15N3O5. The van der Waals surface area contributed by atoms with Gasteiger partial charge in [-0.15, -0.1) is 0 Å². The van der Waals surface area contributed by atoms with Crippen LogP contribution in [0.15, 0.2) is 47.3 Å². The van der Waals surface area contributed by atoms with Gasteiger partial charge >= 0.3 is 0 Å². The number of rotatable bonds is 5. The molecule has 25 heavy (non-hydrogen) atoms. The standard InChI is InChI=1S/C17H15N3O5/c1-11-4-3-5-16-18-12(8-17(21)19(11)16)10-25-14-7-6-13(20(22)23)9-15(14)24-2/h3-9H,10H2,1-2H3. The summed E-state index contributed by atoms with van der Waals surface area (Å²) < 4.78 is 12.3. The highest BCUT2D eigenvalue weighted by Gasteiger charge is 2.13. The lowest BCUT2D eigenvalue weighted by Crippen LogP contribution is -2.18. The Morgan fingerprint density at radius 2 is 2.00 bits per heavy atom. The molecule has 1 aromatic carbocycles. The van der Waals surface area contributed by atoms with Crippen LogP contribution in [0.1, 0.15) is 11.4 Å². The summed E-state index contributed by atoms with van der Waals surface area (Å²) in [6, 6.07) is 10.8. The fourth-order valence-corrected chi connectivity index (χ4v) is 2.48. The van der Waals surface area contributed by atoms with Crippen LogP contribution in [0.5, 0.6) is 11.5 Å². The zero-order chi connectivity index (χ0) is 18.0. The van der Waals surface area contributed by atoms with Gasteiger partial charge in [-0.05, 0) is 25.1 Å². The first-order valence-corrected chi connectivity index (χ1v) is 7.43. The summed E-state index contributed by atoms with van der Waals surface area (Å²) in [5, 5.41) is 10.8. The van der Waals surface area contributed by atoms with E-state index in [-0.39, 0.29) is 23.6 Å². The monoisotopic (exact) mass is 341 g/mol. The topological polar surface area (TPSA) is 96.0 Å². The van der Waals surface area contributed by atoms with Gasteiger partial charge in [0.1, 0.15) is 12.3 Å². The van der Waals surface area contributed by atoms with Crippen molar-refractivity contribution in [3.05, 3.63) is 74.3 Å². The van der Waals surface area contributed by atoms with E-state index >= 15 is 0 Å². The minimum absolute atomic E-state index is 0.0356. The molecule has 2 aromatic heterocycles. The molecular weight excluding hydrogens is 326 g/mol. The van der Waals surface area contributed by atoms with E-state index in [0.29, 0.717) is 17.1 Å². The molecule has 3 aromatic rings. The van der Waals surface area contributed by atoms with Crippen molar-refractivity contribution in [2.45, 2.75) is 13.5 Å². The fourth-order valence-electron chi connectivity index (χ4n) is 2.48. The maximum Gasteiger partial charge on any atom is 0.273 e. The molecule has 8 heteroatoms. The number of nitrogens with zero attached hydrogens (tertiary/aromatic N) is 3. The third kappa shape index (κ3) is 3.27. The Morgan fingerprint density at radius 1 is 1.20 bits per heavy atom. The van der Waals surface area contributed by atoms with Crippen molar-refractivity contribution in [1.29, 1.82) is 0 Å². The van der Waals surface area contributed by atoms with Crippen molar-refractivity contribution in [2.75, 3.05) is 7.11 Å². The third-order valence-electron chi connectivity index (χ3n) is 3.67. The molecule has 0 spiro atoms. The highest BCUT2D eigenvalue weighted by molar-refractivity contribution is 5.48. The molecule has 0 amide bonds. The van der Waals surface area contributed by atoms with Crippen LogP contribution in [0.4, 0.5) is 5.69 Å². The summed E-state index contributed by atoms with van der Waals surface area (Å²) in [4.78, 5) is 26.9. The van der Waals surface area contributed by atoms with E-state index in [9.17, 15) is 14.9 Å². The Labute approximate surface area is 142 Å². The van der Waals surface area contributed by atoms with Gasteiger partial charge < -0.3 is 9.47 Å². The van der Waals surface area contributed by atoms with Crippen LogP contribution in [0, 0.1) is 17.0 Å². The molecule has 0 N–H and O–H groups in total. The first-order chi connectivity index (χ1) is 12.0. The molecule has 8 nitrogen and oxygen atoms in total. The van der Waals surface area contributed by atoms with Crippen LogP contribution in [-0.2, 0) is 6.61 Å². The van der Waals surface area contributed by atoms with Crippen molar-refractivity contribution in [3.63, 3.8) is 0 Å². The van der Waals surface area contributed by atoms with Crippen molar-refractivity contribution in [1.82, 2.24) is 9.38 Å². The van der Waals surface area contributed by atoms with Crippen LogP contribution in [-0.4, -0.2) is 21.4 Å². The van der Waals surface area contributed by atoms with Gasteiger partial charge in [0.2, 0.25) is 0 Å². The van der Waals surface area contributed by atoms with Gasteiger partial charge in [0.05, 0.1) is 23.8 Å². The van der Waals surface area contributed by atoms with Crippen molar-refractivity contribution < 1.29 is 14.4 Å². The van der Waals surface area contributed by atoms with E-state index in [4.69, 9.17) is 9.47 Å². The number of methoxy groups -OCH3 is 1. The van der Waals surface area contributed by atoms with E-state index < -0.39 is 4.92 Å². The zero-order valence-electron chi connectivity index (χ0n) is 13.6. The van der Waals surface area contributed by atoms with Gasteiger partial charge in [-0.1, -0.05) is 6.07 Å². The summed E-state index contributed by atoms with van der Waals surface area (Å²) in [6.07, 6.45) is 0. The number of ether oxygens (including phenoxy) is 2. The van der Waals surface area contributed by atoms with Crippen molar-refractivity contribution >= 4 is 11.3 Å². The van der Waals surface area contributed by atoms with Gasteiger partial charge in [0.15, 0.2) is 11.5 Å². The lowest BCUT2D eigenvalue weighted by Gasteiger charge is -2.11. The van der Waals surface area contributed by atoms with E-state index in [1.165, 1.54) is 35.8 Å². The second-order valence-corrected chi connectivity index (χ2v) is 5.33. The van der Waals surface area contributed by atoms with Crippen LogP contribution in [0.25, 0.3) is 5.65 Å². The second-order valence-electron chi connectivity index (χ2n) is 5.33. The Hall–Kier alpha value is -3.42. The molecule has 0 atom stereocenters. The van der Waals surface area contributed by atoms with Gasteiger partial charge in [0.25, 0.3) is 11.2 Å². The number of hydrogen-bond acceptors (Lipinski definition) is 6. The molecule has 3 rings (SSSR count). The normalized spacial score (nSPS) is 10.6. The minimum Gasteiger partial charge on any atom is -0.493 e. The molecule has 0 saturated carbocycles. The fraction of sp³-hybridized carbons (Fsp3) is 0.176. The summed E-state index contributed by atoms with van der Waals surface area (Å²) >= 11 is 0. The predicted octanol–water partition coefficient (Wildman–Crippen LogP) is 2.50. The lowest BCUT2D eigenvalue weighted by molar-refractivity contribution is -0.385. The second kappa shape index (κ2) is 6.60. The maximum absolute atomic E-state index is 12.2. The lowest BCUT2D eigenvalue weighted by atomic mass is 10.3. The molecule has 0 bridgehead atoms. The Bertz CT molecular complexity index is 1010. The van der Waals surface area contributed by atoms with Gasteiger partial charge in [-0.3, -0.25) is 19.3 Å². The number of pyridine rings is 1. The number of nitro groups is 1. The third-order valence-corrected chi connectivity index (χ3v) is 3.67. The average Bonchev–Trinajstić information content (AvgIpc) is 2.59. The van der Waals surface area contributed by atoms with Crippen molar-refractivity contribution in [2.24, 2.45) is 0 Å². The van der Waals surface area contributed by atoms with E-state index in [1.54, 1.807) is 6.07 Å². The SMILES string of the molecule is COc1cc([N+](=O)[O-])ccc1OCc1cc(=O)n2c(C)cccc2n1. The smallest absolute Gasteiger partial charge is 0.273 e. The highest BCUT2D eigenvalue weighted by Crippen LogP contribution is 2.31. The maximum atomic E-state index is 12.2. The van der Waals surface area contributed by atoms with Gasteiger partial charge in [0, 0.05) is 17.8 Å². The molecule has 0 fully saturated rings. The number of aryl methyl sites for hydroxylation is 1. The molecule has 0 aliphatic heterocycles. The summed E-state index contributed by atoms with van der Waals surface area (Å²) in [5.74, 6) is 0.571. The summed E-state index contributed by atoms with van der Waals surface area (Å²) in [6.45, 7) is 1.86.